The van der Waals surface area contributed by atoms with E-state index >= 15 is 0 Å². The van der Waals surface area contributed by atoms with Crippen molar-refractivity contribution in [3.63, 3.8) is 0 Å². The number of nitrogens with one attached hydrogen (secondary N) is 1. The maximum absolute atomic E-state index is 13.4. The van der Waals surface area contributed by atoms with E-state index in [9.17, 15) is 9.18 Å². The van der Waals surface area contributed by atoms with Crippen LogP contribution in [0.25, 0.3) is 10.8 Å². The Balaban J connectivity index is 1.81. The molecule has 0 aromatic heterocycles. The third-order valence-corrected chi connectivity index (χ3v) is 3.31. The molecule has 22 heavy (non-hydrogen) atoms. The first-order valence-electron chi connectivity index (χ1n) is 6.81. The summed E-state index contributed by atoms with van der Waals surface area (Å²) >= 11 is 0. The second-order valence-corrected chi connectivity index (χ2v) is 4.75. The van der Waals surface area contributed by atoms with Crippen LogP contribution >= 0.6 is 0 Å². The summed E-state index contributed by atoms with van der Waals surface area (Å²) in [6.07, 6.45) is 1.29. The molecule has 3 rings (SSSR count). The molecule has 0 bridgehead atoms. The molecule has 0 atom stereocenters. The lowest BCUT2D eigenvalue weighted by Gasteiger charge is -2.04. The number of hydrazone groups is 1. The molecule has 0 aliphatic rings. The first kappa shape index (κ1) is 13.9. The van der Waals surface area contributed by atoms with Gasteiger partial charge in [-0.25, -0.2) is 9.82 Å². The van der Waals surface area contributed by atoms with E-state index in [0.717, 1.165) is 10.8 Å². The quantitative estimate of drug-likeness (QED) is 0.580. The highest BCUT2D eigenvalue weighted by molar-refractivity contribution is 6.07. The van der Waals surface area contributed by atoms with Crippen LogP contribution in [-0.2, 0) is 0 Å². The van der Waals surface area contributed by atoms with Crippen LogP contribution < -0.4 is 5.43 Å². The number of hydrogen-bond donors (Lipinski definition) is 1. The van der Waals surface area contributed by atoms with Crippen LogP contribution in [-0.4, -0.2) is 12.1 Å². The van der Waals surface area contributed by atoms with Gasteiger partial charge in [-0.15, -0.1) is 0 Å². The zero-order valence-corrected chi connectivity index (χ0v) is 11.7. The SMILES string of the molecule is O=C(N/N=C/c1ccccc1F)c1cccc2ccccc12. The van der Waals surface area contributed by atoms with Gasteiger partial charge in [0.25, 0.3) is 5.91 Å². The van der Waals surface area contributed by atoms with E-state index in [1.165, 1.54) is 12.3 Å². The molecular formula is C18H13FN2O. The highest BCUT2D eigenvalue weighted by Crippen LogP contribution is 2.18. The minimum absolute atomic E-state index is 0.320. The average molecular weight is 292 g/mol. The fourth-order valence-corrected chi connectivity index (χ4v) is 2.22. The van der Waals surface area contributed by atoms with Gasteiger partial charge in [-0.05, 0) is 22.9 Å². The van der Waals surface area contributed by atoms with E-state index < -0.39 is 0 Å². The average Bonchev–Trinajstić information content (AvgIpc) is 2.56. The van der Waals surface area contributed by atoms with Crippen molar-refractivity contribution in [2.45, 2.75) is 0 Å². The molecule has 1 N–H and O–H groups in total. The molecule has 0 saturated heterocycles. The Kier molecular flexibility index (Phi) is 3.92. The number of amides is 1. The van der Waals surface area contributed by atoms with Crippen molar-refractivity contribution in [1.29, 1.82) is 0 Å². The highest BCUT2D eigenvalue weighted by Gasteiger charge is 2.08. The van der Waals surface area contributed by atoms with Gasteiger partial charge in [0.1, 0.15) is 5.82 Å². The largest absolute Gasteiger partial charge is 0.271 e. The molecule has 1 amide bonds. The third-order valence-electron chi connectivity index (χ3n) is 3.31. The predicted octanol–water partition coefficient (Wildman–Crippen LogP) is 3.74. The molecule has 0 aliphatic heterocycles. The van der Waals surface area contributed by atoms with Crippen LogP contribution in [0, 0.1) is 5.82 Å². The van der Waals surface area contributed by atoms with E-state index in [-0.39, 0.29) is 11.7 Å². The normalized spacial score (nSPS) is 11.0. The zero-order valence-electron chi connectivity index (χ0n) is 11.7. The Morgan fingerprint density at radius 2 is 1.68 bits per heavy atom. The number of benzene rings is 3. The fourth-order valence-electron chi connectivity index (χ4n) is 2.22. The van der Waals surface area contributed by atoms with Crippen molar-refractivity contribution in [3.8, 4) is 0 Å². The van der Waals surface area contributed by atoms with Crippen molar-refractivity contribution >= 4 is 22.9 Å². The number of fused-ring (bicyclic) bond motifs is 1. The lowest BCUT2D eigenvalue weighted by Crippen LogP contribution is -2.18. The van der Waals surface area contributed by atoms with E-state index in [4.69, 9.17) is 0 Å². The first-order chi connectivity index (χ1) is 10.8. The van der Waals surface area contributed by atoms with Crippen molar-refractivity contribution in [2.24, 2.45) is 5.10 Å². The highest BCUT2D eigenvalue weighted by atomic mass is 19.1. The summed E-state index contributed by atoms with van der Waals surface area (Å²) in [5.41, 5.74) is 3.28. The summed E-state index contributed by atoms with van der Waals surface area (Å²) < 4.78 is 13.4. The molecule has 3 nitrogen and oxygen atoms in total. The molecule has 0 spiro atoms. The monoisotopic (exact) mass is 292 g/mol. The molecule has 3 aromatic carbocycles. The van der Waals surface area contributed by atoms with E-state index in [2.05, 4.69) is 10.5 Å². The number of rotatable bonds is 3. The Morgan fingerprint density at radius 1 is 0.955 bits per heavy atom. The minimum Gasteiger partial charge on any atom is -0.267 e. The van der Waals surface area contributed by atoms with E-state index in [1.54, 1.807) is 24.3 Å². The number of carbonyl (C=O) groups excluding carboxylic acids is 1. The third kappa shape index (κ3) is 2.86. The summed E-state index contributed by atoms with van der Waals surface area (Å²) in [6, 6.07) is 19.3. The van der Waals surface area contributed by atoms with E-state index in [0.29, 0.717) is 11.1 Å². The second kappa shape index (κ2) is 6.18. The van der Waals surface area contributed by atoms with E-state index in [1.807, 2.05) is 36.4 Å². The number of nitrogens with zero attached hydrogens (tertiary/aromatic N) is 1. The molecule has 0 radical (unpaired) electrons. The van der Waals surface area contributed by atoms with Gasteiger partial charge in [0.15, 0.2) is 0 Å². The van der Waals surface area contributed by atoms with Crippen LogP contribution in [0.15, 0.2) is 71.8 Å². The van der Waals surface area contributed by atoms with Gasteiger partial charge in [0, 0.05) is 11.1 Å². The molecular weight excluding hydrogens is 279 g/mol. The van der Waals surface area contributed by atoms with Crippen LogP contribution in [0.1, 0.15) is 15.9 Å². The van der Waals surface area contributed by atoms with Gasteiger partial charge in [-0.2, -0.15) is 5.10 Å². The molecule has 4 heteroatoms. The Labute approximate surface area is 127 Å². The lowest BCUT2D eigenvalue weighted by atomic mass is 10.0. The summed E-state index contributed by atoms with van der Waals surface area (Å²) in [6.45, 7) is 0. The van der Waals surface area contributed by atoms with Crippen molar-refractivity contribution < 1.29 is 9.18 Å². The maximum atomic E-state index is 13.4. The summed E-state index contributed by atoms with van der Waals surface area (Å²) in [7, 11) is 0. The van der Waals surface area contributed by atoms with Gasteiger partial charge in [0.05, 0.1) is 6.21 Å². The fraction of sp³-hybridized carbons (Fsp3) is 0. The lowest BCUT2D eigenvalue weighted by molar-refractivity contribution is 0.0957. The van der Waals surface area contributed by atoms with Gasteiger partial charge in [-0.1, -0.05) is 54.6 Å². The number of carbonyl (C=O) groups is 1. The Bertz CT molecular complexity index is 853. The van der Waals surface area contributed by atoms with Gasteiger partial charge >= 0.3 is 0 Å². The molecule has 0 unspecified atom stereocenters. The summed E-state index contributed by atoms with van der Waals surface area (Å²) in [5.74, 6) is -0.713. The second-order valence-electron chi connectivity index (χ2n) is 4.75. The molecule has 0 heterocycles. The van der Waals surface area contributed by atoms with Gasteiger partial charge in [-0.3, -0.25) is 4.79 Å². The molecule has 0 aliphatic carbocycles. The molecule has 0 fully saturated rings. The molecule has 0 saturated carbocycles. The Hall–Kier alpha value is -3.01. The molecule has 3 aromatic rings. The van der Waals surface area contributed by atoms with Crippen LogP contribution in [0.2, 0.25) is 0 Å². The maximum Gasteiger partial charge on any atom is 0.271 e. The zero-order chi connectivity index (χ0) is 15.4. The smallest absolute Gasteiger partial charge is 0.267 e. The first-order valence-corrected chi connectivity index (χ1v) is 6.81. The van der Waals surface area contributed by atoms with Crippen molar-refractivity contribution in [2.75, 3.05) is 0 Å². The van der Waals surface area contributed by atoms with Gasteiger partial charge < -0.3 is 0 Å². The van der Waals surface area contributed by atoms with Crippen LogP contribution in [0.3, 0.4) is 0 Å². The molecule has 108 valence electrons. The van der Waals surface area contributed by atoms with Crippen LogP contribution in [0.5, 0.6) is 0 Å². The minimum atomic E-state index is -0.384. The van der Waals surface area contributed by atoms with Gasteiger partial charge in [0.2, 0.25) is 0 Å². The Morgan fingerprint density at radius 3 is 2.55 bits per heavy atom. The van der Waals surface area contributed by atoms with Crippen LogP contribution in [0.4, 0.5) is 4.39 Å². The van der Waals surface area contributed by atoms with Crippen molar-refractivity contribution in [1.82, 2.24) is 5.43 Å². The number of halogens is 1. The number of hydrogen-bond acceptors (Lipinski definition) is 2. The topological polar surface area (TPSA) is 41.5 Å². The standard InChI is InChI=1S/C18H13FN2O/c19-17-11-4-2-7-14(17)12-20-21-18(22)16-10-5-8-13-6-1-3-9-15(13)16/h1-12H,(H,21,22)/b20-12+. The predicted molar refractivity (Wildman–Crippen MR) is 85.4 cm³/mol. The van der Waals surface area contributed by atoms with Crippen molar-refractivity contribution in [3.05, 3.63) is 83.7 Å². The summed E-state index contributed by atoms with van der Waals surface area (Å²) in [4.78, 5) is 12.2. The summed E-state index contributed by atoms with van der Waals surface area (Å²) in [5, 5.41) is 5.65.